The predicted octanol–water partition coefficient (Wildman–Crippen LogP) is 4.88. The topological polar surface area (TPSA) is 44.6 Å². The number of hydroxylamine groups is 1. The Labute approximate surface area is 141 Å². The Morgan fingerprint density at radius 3 is 2.83 bits per heavy atom. The van der Waals surface area contributed by atoms with Crippen LogP contribution in [0.1, 0.15) is 31.2 Å². The molecule has 0 saturated heterocycles. The molecule has 4 rings (SSSR count). The Kier molecular flexibility index (Phi) is 3.72. The quantitative estimate of drug-likeness (QED) is 0.772. The van der Waals surface area contributed by atoms with Gasteiger partial charge in [0.2, 0.25) is 0 Å². The number of halogens is 1. The number of hydrogen-bond donors (Lipinski definition) is 2. The van der Waals surface area contributed by atoms with E-state index in [1.165, 1.54) is 5.56 Å². The van der Waals surface area contributed by atoms with E-state index < -0.39 is 0 Å². The van der Waals surface area contributed by atoms with Gasteiger partial charge >= 0.3 is 0 Å². The summed E-state index contributed by atoms with van der Waals surface area (Å²) in [7, 11) is 0. The molecule has 1 aliphatic carbocycles. The van der Waals surface area contributed by atoms with Crippen LogP contribution in [0.15, 0.2) is 47.5 Å². The van der Waals surface area contributed by atoms with Crippen molar-refractivity contribution in [3.8, 4) is 11.1 Å². The Balaban J connectivity index is 1.81. The molecule has 1 heterocycles. The molecule has 2 aromatic carbocycles. The smallest absolute Gasteiger partial charge is 0.0668 e. The summed E-state index contributed by atoms with van der Waals surface area (Å²) in [6.07, 6.45) is 6.30. The summed E-state index contributed by atoms with van der Waals surface area (Å²) >= 11 is 6.13. The second-order valence-electron chi connectivity index (χ2n) is 6.47. The summed E-state index contributed by atoms with van der Waals surface area (Å²) in [6, 6.07) is 14.3. The molecule has 1 fully saturated rings. The molecule has 118 valence electrons. The maximum Gasteiger partial charge on any atom is 0.0668 e. The van der Waals surface area contributed by atoms with Crippen molar-refractivity contribution in [3.63, 3.8) is 0 Å². The molecule has 2 aromatic rings. The number of aliphatic imine (C=N–C) groups is 1. The van der Waals surface area contributed by atoms with Crippen molar-refractivity contribution >= 4 is 23.5 Å². The van der Waals surface area contributed by atoms with Crippen molar-refractivity contribution in [2.75, 3.05) is 0 Å². The van der Waals surface area contributed by atoms with Gasteiger partial charge in [0.05, 0.1) is 11.1 Å². The number of rotatable bonds is 2. The fourth-order valence-electron chi connectivity index (χ4n) is 3.98. The van der Waals surface area contributed by atoms with Gasteiger partial charge in [0.25, 0.3) is 0 Å². The minimum atomic E-state index is -0.198. The van der Waals surface area contributed by atoms with Crippen LogP contribution in [0.5, 0.6) is 0 Å². The van der Waals surface area contributed by atoms with Gasteiger partial charge in [0.15, 0.2) is 0 Å². The van der Waals surface area contributed by atoms with Gasteiger partial charge in [-0.1, -0.05) is 42.6 Å². The van der Waals surface area contributed by atoms with Crippen LogP contribution in [0, 0.1) is 0 Å². The van der Waals surface area contributed by atoms with E-state index in [1.54, 1.807) is 0 Å². The van der Waals surface area contributed by atoms with Crippen LogP contribution in [0.2, 0.25) is 5.02 Å². The number of nitrogens with zero attached hydrogens (tertiary/aromatic N) is 1. The molecule has 2 unspecified atom stereocenters. The lowest BCUT2D eigenvalue weighted by molar-refractivity contribution is 0.0825. The molecule has 23 heavy (non-hydrogen) atoms. The maximum absolute atomic E-state index is 9.64. The van der Waals surface area contributed by atoms with E-state index in [0.29, 0.717) is 0 Å². The minimum absolute atomic E-state index is 0.0239. The molecular formula is C19H19ClN2O. The molecule has 2 atom stereocenters. The average molecular weight is 327 g/mol. The van der Waals surface area contributed by atoms with E-state index in [0.717, 1.165) is 47.5 Å². The molecule has 0 radical (unpaired) electrons. The van der Waals surface area contributed by atoms with Crippen LogP contribution in [0.4, 0.5) is 5.69 Å². The van der Waals surface area contributed by atoms with Crippen molar-refractivity contribution in [2.45, 2.75) is 37.1 Å². The first-order chi connectivity index (χ1) is 11.2. The van der Waals surface area contributed by atoms with Crippen molar-refractivity contribution < 1.29 is 5.21 Å². The Morgan fingerprint density at radius 1 is 1.13 bits per heavy atom. The molecule has 0 bridgehead atoms. The molecule has 0 aromatic heterocycles. The lowest BCUT2D eigenvalue weighted by Crippen LogP contribution is -2.49. The first kappa shape index (κ1) is 14.9. The fraction of sp³-hybridized carbons (Fsp3) is 0.316. The third-order valence-corrected chi connectivity index (χ3v) is 5.44. The standard InChI is InChI=1S/C19H19ClN2O/c20-15-5-3-4-13(10-15)14-7-8-17-16(11-14)19(12-21-17)9-2-1-6-18(19)22-23/h3-5,7-8,10-12,18,22-23H,1-2,6,9H2. The Bertz CT molecular complexity index is 774. The fourth-order valence-corrected chi connectivity index (χ4v) is 4.17. The molecular weight excluding hydrogens is 308 g/mol. The van der Waals surface area contributed by atoms with Crippen LogP contribution in [-0.4, -0.2) is 17.5 Å². The second-order valence-corrected chi connectivity index (χ2v) is 6.90. The number of fused-ring (bicyclic) bond motifs is 2. The molecule has 1 aliphatic heterocycles. The largest absolute Gasteiger partial charge is 0.317 e. The van der Waals surface area contributed by atoms with E-state index in [2.05, 4.69) is 34.7 Å². The van der Waals surface area contributed by atoms with Crippen LogP contribution >= 0.6 is 11.6 Å². The van der Waals surface area contributed by atoms with Crippen LogP contribution < -0.4 is 5.48 Å². The van der Waals surface area contributed by atoms with Gasteiger partial charge in [-0.05, 0) is 53.8 Å². The zero-order valence-electron chi connectivity index (χ0n) is 12.8. The van der Waals surface area contributed by atoms with Crippen LogP contribution in [-0.2, 0) is 5.41 Å². The zero-order chi connectivity index (χ0) is 15.9. The van der Waals surface area contributed by atoms with E-state index in [4.69, 9.17) is 11.6 Å². The summed E-state index contributed by atoms with van der Waals surface area (Å²) in [5.74, 6) is 0. The Hall–Kier alpha value is -1.68. The maximum atomic E-state index is 9.64. The van der Waals surface area contributed by atoms with Gasteiger partial charge in [0.1, 0.15) is 0 Å². The third kappa shape index (κ3) is 2.40. The summed E-state index contributed by atoms with van der Waals surface area (Å²) < 4.78 is 0. The van der Waals surface area contributed by atoms with Crippen molar-refractivity contribution in [3.05, 3.63) is 53.1 Å². The SMILES string of the molecule is ONC1CCCCC12C=Nc1ccc(-c3cccc(Cl)c3)cc12. The molecule has 0 amide bonds. The molecule has 1 saturated carbocycles. The van der Waals surface area contributed by atoms with Gasteiger partial charge in [-0.25, -0.2) is 5.48 Å². The van der Waals surface area contributed by atoms with Gasteiger partial charge in [-0.15, -0.1) is 0 Å². The van der Waals surface area contributed by atoms with Crippen molar-refractivity contribution in [2.24, 2.45) is 4.99 Å². The highest BCUT2D eigenvalue weighted by Crippen LogP contribution is 2.47. The van der Waals surface area contributed by atoms with Gasteiger partial charge in [-0.2, -0.15) is 0 Å². The van der Waals surface area contributed by atoms with Gasteiger partial charge in [0, 0.05) is 17.3 Å². The molecule has 4 heteroatoms. The zero-order valence-corrected chi connectivity index (χ0v) is 13.6. The monoisotopic (exact) mass is 326 g/mol. The average Bonchev–Trinajstić information content (AvgIpc) is 2.94. The highest BCUT2D eigenvalue weighted by Gasteiger charge is 2.45. The normalized spacial score (nSPS) is 25.7. The summed E-state index contributed by atoms with van der Waals surface area (Å²) in [5.41, 5.74) is 6.80. The highest BCUT2D eigenvalue weighted by molar-refractivity contribution is 6.30. The second kappa shape index (κ2) is 5.75. The van der Waals surface area contributed by atoms with Crippen molar-refractivity contribution in [1.82, 2.24) is 5.48 Å². The number of hydrogen-bond acceptors (Lipinski definition) is 3. The molecule has 3 nitrogen and oxygen atoms in total. The summed E-state index contributed by atoms with van der Waals surface area (Å²) in [6.45, 7) is 0. The van der Waals surface area contributed by atoms with Crippen LogP contribution in [0.3, 0.4) is 0 Å². The van der Waals surface area contributed by atoms with E-state index in [1.807, 2.05) is 24.4 Å². The number of benzene rings is 2. The van der Waals surface area contributed by atoms with E-state index >= 15 is 0 Å². The predicted molar refractivity (Wildman–Crippen MR) is 93.9 cm³/mol. The first-order valence-electron chi connectivity index (χ1n) is 8.08. The molecule has 1 spiro atoms. The first-order valence-corrected chi connectivity index (χ1v) is 8.46. The third-order valence-electron chi connectivity index (χ3n) is 5.20. The van der Waals surface area contributed by atoms with Gasteiger partial charge in [-0.3, -0.25) is 4.99 Å². The summed E-state index contributed by atoms with van der Waals surface area (Å²) in [4.78, 5) is 4.62. The number of nitrogens with one attached hydrogen (secondary N) is 1. The molecule has 2 aliphatic rings. The van der Waals surface area contributed by atoms with Crippen LogP contribution in [0.25, 0.3) is 11.1 Å². The van der Waals surface area contributed by atoms with Gasteiger partial charge < -0.3 is 5.21 Å². The van der Waals surface area contributed by atoms with E-state index in [-0.39, 0.29) is 11.5 Å². The van der Waals surface area contributed by atoms with E-state index in [9.17, 15) is 5.21 Å². The summed E-state index contributed by atoms with van der Waals surface area (Å²) in [5, 5.41) is 10.4. The minimum Gasteiger partial charge on any atom is -0.317 e. The lowest BCUT2D eigenvalue weighted by Gasteiger charge is -2.39. The lowest BCUT2D eigenvalue weighted by atomic mass is 9.67. The van der Waals surface area contributed by atoms with Crippen molar-refractivity contribution in [1.29, 1.82) is 0 Å². The highest BCUT2D eigenvalue weighted by atomic mass is 35.5. The molecule has 2 N–H and O–H groups in total. The Morgan fingerprint density at radius 2 is 2.00 bits per heavy atom.